The third-order valence-electron chi connectivity index (χ3n) is 3.91. The average Bonchev–Trinajstić information content (AvgIpc) is 3.05. The van der Waals surface area contributed by atoms with Crippen LogP contribution in [-0.2, 0) is 27.7 Å². The molecule has 0 aliphatic heterocycles. The van der Waals surface area contributed by atoms with Crippen LogP contribution in [0.2, 0.25) is 0 Å². The monoisotopic (exact) mass is 482 g/mol. The topological polar surface area (TPSA) is 117 Å². The first kappa shape index (κ1) is 20.9. The number of benzene rings is 2. The van der Waals surface area contributed by atoms with Crippen LogP contribution in [0.4, 0.5) is 0 Å². The van der Waals surface area contributed by atoms with E-state index < -0.39 is 27.9 Å². The number of amides is 1. The number of primary amides is 1. The highest BCUT2D eigenvalue weighted by molar-refractivity contribution is 9.10. The van der Waals surface area contributed by atoms with Crippen molar-refractivity contribution in [2.75, 3.05) is 13.1 Å². The maximum Gasteiger partial charge on any atom is 0.266 e. The van der Waals surface area contributed by atoms with Gasteiger partial charge in [0.05, 0.1) is 21.6 Å². The summed E-state index contributed by atoms with van der Waals surface area (Å²) in [6, 6.07) is 14.9. The number of aromatic nitrogens is 1. The molecule has 0 spiro atoms. The molecule has 1 aromatic heterocycles. The summed E-state index contributed by atoms with van der Waals surface area (Å²) < 4.78 is 31.3. The molecule has 3 aromatic rings. The number of halogens is 1. The fraction of sp³-hybridized carbons (Fsp3) is 0.167. The second-order valence-corrected chi connectivity index (χ2v) is 9.33. The molecule has 1 amide bonds. The molecule has 0 radical (unpaired) electrons. The minimum Gasteiger partial charge on any atom is -0.364 e. The second kappa shape index (κ2) is 9.57. The largest absolute Gasteiger partial charge is 0.364 e. The highest BCUT2D eigenvalue weighted by atomic mass is 79.9. The van der Waals surface area contributed by atoms with Gasteiger partial charge in [0, 0.05) is 28.5 Å². The first-order valence-electron chi connectivity index (χ1n) is 8.38. The molecule has 0 saturated carbocycles. The summed E-state index contributed by atoms with van der Waals surface area (Å²) in [5.41, 5.74) is 7.18. The van der Waals surface area contributed by atoms with Crippen LogP contribution in [0.25, 0.3) is 10.9 Å². The van der Waals surface area contributed by atoms with Crippen molar-refractivity contribution in [2.45, 2.75) is 10.6 Å². The second-order valence-electron chi connectivity index (χ2n) is 5.92. The van der Waals surface area contributed by atoms with Crippen LogP contribution in [0.3, 0.4) is 0 Å². The summed E-state index contributed by atoms with van der Waals surface area (Å²) in [7, 11) is -2.90. The van der Waals surface area contributed by atoms with E-state index in [1.165, 1.54) is 0 Å². The van der Waals surface area contributed by atoms with Crippen LogP contribution in [0.5, 0.6) is 0 Å². The Balaban J connectivity index is 1.60. The number of hydrogen-bond donors (Lipinski definition) is 4. The summed E-state index contributed by atoms with van der Waals surface area (Å²) in [4.78, 5) is 15.0. The SMILES string of the molecule is NC(=O)c1[nH]c2ccc(Br)cc2c1S(=O)NCCNS(=O)Cc1ccccc1. The number of carbonyl (C=O) groups excluding carboxylic acids is 1. The molecule has 7 nitrogen and oxygen atoms in total. The Morgan fingerprint density at radius 3 is 2.50 bits per heavy atom. The first-order chi connectivity index (χ1) is 13.5. The number of carbonyl (C=O) groups is 1. The van der Waals surface area contributed by atoms with Crippen LogP contribution in [0, 0.1) is 0 Å². The molecule has 0 aliphatic rings. The quantitative estimate of drug-likeness (QED) is 0.349. The van der Waals surface area contributed by atoms with Crippen LogP contribution < -0.4 is 15.2 Å². The van der Waals surface area contributed by atoms with Crippen LogP contribution in [0.15, 0.2) is 57.9 Å². The number of nitrogens with one attached hydrogen (secondary N) is 3. The van der Waals surface area contributed by atoms with E-state index in [0.29, 0.717) is 34.6 Å². The Hall–Kier alpha value is -1.85. The van der Waals surface area contributed by atoms with Gasteiger partial charge in [-0.05, 0) is 23.8 Å². The lowest BCUT2D eigenvalue weighted by Crippen LogP contribution is -2.31. The highest BCUT2D eigenvalue weighted by Gasteiger charge is 2.21. The molecule has 2 unspecified atom stereocenters. The number of rotatable bonds is 9. The van der Waals surface area contributed by atoms with Crippen LogP contribution in [-0.4, -0.2) is 32.4 Å². The first-order valence-corrected chi connectivity index (χ1v) is 11.6. The fourth-order valence-electron chi connectivity index (χ4n) is 2.66. The Kier molecular flexibility index (Phi) is 7.13. The molecule has 0 saturated heterocycles. The highest BCUT2D eigenvalue weighted by Crippen LogP contribution is 2.27. The summed E-state index contributed by atoms with van der Waals surface area (Å²) in [6.07, 6.45) is 0. The van der Waals surface area contributed by atoms with E-state index >= 15 is 0 Å². The standard InChI is InChI=1S/C18H19BrN4O3S2/c19-13-6-7-15-14(10-13)17(16(23-15)18(20)24)28(26)22-9-8-21-27(25)11-12-4-2-1-3-5-12/h1-7,10,21-23H,8-9,11H2,(H2,20,24). The van der Waals surface area contributed by atoms with Crippen molar-refractivity contribution < 1.29 is 13.2 Å². The zero-order valence-corrected chi connectivity index (χ0v) is 18.0. The lowest BCUT2D eigenvalue weighted by atomic mass is 10.2. The molecule has 28 heavy (non-hydrogen) atoms. The lowest BCUT2D eigenvalue weighted by molar-refractivity contribution is 0.0993. The Bertz CT molecular complexity index is 1040. The van der Waals surface area contributed by atoms with Crippen LogP contribution in [0.1, 0.15) is 16.1 Å². The van der Waals surface area contributed by atoms with Gasteiger partial charge in [-0.2, -0.15) is 0 Å². The Morgan fingerprint density at radius 1 is 1.07 bits per heavy atom. The number of H-pyrrole nitrogens is 1. The third-order valence-corrected chi connectivity index (χ3v) is 6.78. The summed E-state index contributed by atoms with van der Waals surface area (Å²) >= 11 is 3.38. The van der Waals surface area contributed by atoms with Crippen molar-refractivity contribution in [2.24, 2.45) is 5.73 Å². The summed E-state index contributed by atoms with van der Waals surface area (Å²) in [6.45, 7) is 0.648. The molecule has 148 valence electrons. The summed E-state index contributed by atoms with van der Waals surface area (Å²) in [5.74, 6) is -0.286. The zero-order valence-electron chi connectivity index (χ0n) is 14.7. The lowest BCUT2D eigenvalue weighted by Gasteiger charge is -2.07. The molecule has 0 fully saturated rings. The van der Waals surface area contributed by atoms with Gasteiger partial charge in [0.2, 0.25) is 0 Å². The van der Waals surface area contributed by atoms with Crippen molar-refractivity contribution >= 4 is 54.7 Å². The molecule has 5 N–H and O–H groups in total. The van der Waals surface area contributed by atoms with E-state index in [2.05, 4.69) is 30.4 Å². The van der Waals surface area contributed by atoms with E-state index in [1.807, 2.05) is 36.4 Å². The van der Waals surface area contributed by atoms with E-state index in [-0.39, 0.29) is 5.69 Å². The van der Waals surface area contributed by atoms with Gasteiger partial charge in [0.25, 0.3) is 5.91 Å². The predicted molar refractivity (Wildman–Crippen MR) is 115 cm³/mol. The molecule has 2 aromatic carbocycles. The molecule has 0 aliphatic carbocycles. The summed E-state index contributed by atoms with van der Waals surface area (Å²) in [5, 5.41) is 0.648. The maximum absolute atomic E-state index is 12.7. The van der Waals surface area contributed by atoms with E-state index in [4.69, 9.17) is 5.73 Å². The molecule has 3 rings (SSSR count). The van der Waals surface area contributed by atoms with Gasteiger partial charge in [-0.25, -0.2) is 17.9 Å². The van der Waals surface area contributed by atoms with Gasteiger partial charge in [-0.3, -0.25) is 4.79 Å². The molecule has 2 atom stereocenters. The number of nitrogens with two attached hydrogens (primary N) is 1. The van der Waals surface area contributed by atoms with Gasteiger partial charge in [-0.1, -0.05) is 46.3 Å². The normalized spacial score (nSPS) is 13.5. The van der Waals surface area contributed by atoms with Crippen molar-refractivity contribution in [3.8, 4) is 0 Å². The van der Waals surface area contributed by atoms with Gasteiger partial charge >= 0.3 is 0 Å². The van der Waals surface area contributed by atoms with E-state index in [9.17, 15) is 13.2 Å². The van der Waals surface area contributed by atoms with E-state index in [0.717, 1.165) is 10.0 Å². The van der Waals surface area contributed by atoms with E-state index in [1.54, 1.807) is 12.1 Å². The van der Waals surface area contributed by atoms with Gasteiger partial charge < -0.3 is 10.7 Å². The Morgan fingerprint density at radius 2 is 1.79 bits per heavy atom. The molecule has 10 heteroatoms. The van der Waals surface area contributed by atoms with Crippen LogP contribution >= 0.6 is 15.9 Å². The molecule has 0 bridgehead atoms. The predicted octanol–water partition coefficient (Wildman–Crippen LogP) is 2.09. The maximum atomic E-state index is 12.7. The zero-order chi connectivity index (χ0) is 20.1. The number of fused-ring (bicyclic) bond motifs is 1. The smallest absolute Gasteiger partial charge is 0.266 e. The van der Waals surface area contributed by atoms with Crippen molar-refractivity contribution in [3.63, 3.8) is 0 Å². The minimum atomic E-state index is -1.66. The number of aromatic amines is 1. The van der Waals surface area contributed by atoms with Crippen molar-refractivity contribution in [1.82, 2.24) is 14.4 Å². The molecular weight excluding hydrogens is 464 g/mol. The number of hydrogen-bond acceptors (Lipinski definition) is 3. The minimum absolute atomic E-state index is 0.111. The van der Waals surface area contributed by atoms with Gasteiger partial charge in [-0.15, -0.1) is 0 Å². The Labute approximate surface area is 175 Å². The average molecular weight is 483 g/mol. The molecule has 1 heterocycles. The van der Waals surface area contributed by atoms with Crippen molar-refractivity contribution in [3.05, 3.63) is 64.3 Å². The fourth-order valence-corrected chi connectivity index (χ4v) is 5.09. The molecular formula is C18H19BrN4O3S2. The van der Waals surface area contributed by atoms with Gasteiger partial charge in [0.15, 0.2) is 0 Å². The third kappa shape index (κ3) is 5.15. The van der Waals surface area contributed by atoms with Gasteiger partial charge in [0.1, 0.15) is 16.7 Å². The van der Waals surface area contributed by atoms with Crippen molar-refractivity contribution in [1.29, 1.82) is 0 Å².